The summed E-state index contributed by atoms with van der Waals surface area (Å²) >= 11 is 2.94. The van der Waals surface area contributed by atoms with Crippen LogP contribution in [0.2, 0.25) is 0 Å². The lowest BCUT2D eigenvalue weighted by Crippen LogP contribution is -2.41. The minimum Gasteiger partial charge on any atom is -0.465 e. The van der Waals surface area contributed by atoms with Crippen molar-refractivity contribution in [2.75, 3.05) is 18.5 Å². The van der Waals surface area contributed by atoms with Crippen LogP contribution in [-0.2, 0) is 49.9 Å². The van der Waals surface area contributed by atoms with E-state index in [1.807, 2.05) is 60.7 Å². The van der Waals surface area contributed by atoms with Crippen LogP contribution in [-0.4, -0.2) is 67.9 Å². The third-order valence-electron chi connectivity index (χ3n) is 8.64. The van der Waals surface area contributed by atoms with Gasteiger partial charge in [0.05, 0.1) is 43.6 Å². The van der Waals surface area contributed by atoms with Crippen molar-refractivity contribution in [3.63, 3.8) is 0 Å². The summed E-state index contributed by atoms with van der Waals surface area (Å²) in [5.74, 6) is -1.61. The first-order chi connectivity index (χ1) is 27.3. The second kappa shape index (κ2) is 20.6. The number of ether oxygens (including phenoxy) is 2. The number of benzene rings is 4. The predicted molar refractivity (Wildman–Crippen MR) is 217 cm³/mol. The van der Waals surface area contributed by atoms with Gasteiger partial charge < -0.3 is 9.47 Å². The molecule has 1 aliphatic heterocycles. The highest BCUT2D eigenvalue weighted by molar-refractivity contribution is 9.09. The summed E-state index contributed by atoms with van der Waals surface area (Å²) in [6.07, 6.45) is 0.148. The Bertz CT molecular complexity index is 2410. The Hall–Kier alpha value is -6.28. The number of amides is 2. The van der Waals surface area contributed by atoms with Crippen LogP contribution >= 0.6 is 15.9 Å². The topological polar surface area (TPSA) is 168 Å². The number of carbonyl (C=O) groups excluding carboxylic acids is 6. The van der Waals surface area contributed by atoms with Crippen molar-refractivity contribution in [1.82, 2.24) is 14.0 Å². The summed E-state index contributed by atoms with van der Waals surface area (Å²) in [5.41, 5.74) is 2.83. The number of alkyl halides is 1. The normalized spacial score (nSPS) is 11.7. The van der Waals surface area contributed by atoms with Crippen LogP contribution in [0.3, 0.4) is 0 Å². The lowest BCUT2D eigenvalue weighted by molar-refractivity contribution is -0.144. The number of fused-ring (bicyclic) bond motifs is 2. The Labute approximate surface area is 337 Å². The average Bonchev–Trinajstić information content (AvgIpc) is 3.20. The van der Waals surface area contributed by atoms with E-state index >= 15 is 0 Å². The number of aromatic nitrogens is 2. The molecule has 0 radical (unpaired) electrons. The second-order valence-electron chi connectivity index (χ2n) is 12.7. The highest BCUT2D eigenvalue weighted by atomic mass is 79.9. The summed E-state index contributed by atoms with van der Waals surface area (Å²) in [7, 11) is 0. The van der Waals surface area contributed by atoms with Crippen molar-refractivity contribution in [2.45, 2.75) is 53.8 Å². The molecule has 2 amide bonds. The van der Waals surface area contributed by atoms with Crippen LogP contribution in [0, 0.1) is 0 Å². The van der Waals surface area contributed by atoms with Gasteiger partial charge in [0.15, 0.2) is 11.6 Å². The lowest BCUT2D eigenvalue weighted by atomic mass is 9.95. The summed E-state index contributed by atoms with van der Waals surface area (Å²) in [5, 5.41) is 0.547. The van der Waals surface area contributed by atoms with E-state index in [9.17, 15) is 38.4 Å². The summed E-state index contributed by atoms with van der Waals surface area (Å²) in [6.45, 7) is 6.95. The van der Waals surface area contributed by atoms with E-state index < -0.39 is 17.2 Å². The molecule has 0 unspecified atom stereocenters. The Balaban J connectivity index is 0.000000221. The maximum Gasteiger partial charge on any atom is 0.332 e. The maximum absolute atomic E-state index is 13.1. The molecular formula is C43H42BrN3O10. The molecule has 0 spiro atoms. The summed E-state index contributed by atoms with van der Waals surface area (Å²) in [4.78, 5) is 97.4. The Morgan fingerprint density at radius 2 is 1.21 bits per heavy atom. The Morgan fingerprint density at radius 3 is 1.75 bits per heavy atom. The first-order valence-electron chi connectivity index (χ1n) is 18.0. The largest absolute Gasteiger partial charge is 0.465 e. The highest BCUT2D eigenvalue weighted by Crippen LogP contribution is 2.23. The highest BCUT2D eigenvalue weighted by Gasteiger charge is 2.31. The fourth-order valence-corrected chi connectivity index (χ4v) is 6.00. The van der Waals surface area contributed by atoms with Crippen molar-refractivity contribution in [3.8, 4) is 0 Å². The summed E-state index contributed by atoms with van der Waals surface area (Å²) < 4.78 is 11.7. The molecule has 0 saturated carbocycles. The first kappa shape index (κ1) is 43.4. The zero-order valence-corrected chi connectivity index (χ0v) is 33.6. The van der Waals surface area contributed by atoms with Gasteiger partial charge >= 0.3 is 17.6 Å². The number of rotatable bonds is 11. The zero-order valence-electron chi connectivity index (χ0n) is 32.0. The van der Waals surface area contributed by atoms with Crippen molar-refractivity contribution >= 4 is 62.2 Å². The fraction of sp³-hybridized carbons (Fsp3) is 0.256. The molecule has 1 aliphatic rings. The Kier molecular flexibility index (Phi) is 15.7. The molecule has 4 aromatic carbocycles. The predicted octanol–water partition coefficient (Wildman–Crippen LogP) is 5.54. The van der Waals surface area contributed by atoms with E-state index in [4.69, 9.17) is 4.74 Å². The first-order valence-corrected chi connectivity index (χ1v) is 19.1. The van der Waals surface area contributed by atoms with Gasteiger partial charge in [-0.15, -0.1) is 0 Å². The molecule has 296 valence electrons. The molecular weight excluding hydrogens is 798 g/mol. The number of hydrogen-bond acceptors (Lipinski definition) is 10. The van der Waals surface area contributed by atoms with Crippen molar-refractivity contribution in [3.05, 3.63) is 151 Å². The van der Waals surface area contributed by atoms with E-state index in [1.54, 1.807) is 32.0 Å². The smallest absolute Gasteiger partial charge is 0.332 e. The van der Waals surface area contributed by atoms with E-state index in [-0.39, 0.29) is 72.9 Å². The number of carbonyl (C=O) groups is 6. The summed E-state index contributed by atoms with van der Waals surface area (Å²) in [6, 6.07) is 27.9. The molecule has 0 fully saturated rings. The van der Waals surface area contributed by atoms with Crippen LogP contribution in [0.4, 0.5) is 0 Å². The molecule has 1 aromatic heterocycles. The van der Waals surface area contributed by atoms with Gasteiger partial charge in [-0.25, -0.2) is 4.79 Å². The van der Waals surface area contributed by atoms with Gasteiger partial charge in [0.25, 0.3) is 11.5 Å². The molecule has 0 aliphatic carbocycles. The molecule has 13 nitrogen and oxygen atoms in total. The van der Waals surface area contributed by atoms with Gasteiger partial charge in [-0.05, 0) is 68.7 Å². The van der Waals surface area contributed by atoms with Crippen LogP contribution in [0.15, 0.2) is 107 Å². The molecule has 0 atom stereocenters. The maximum atomic E-state index is 13.1. The van der Waals surface area contributed by atoms with Crippen LogP contribution in [0.5, 0.6) is 0 Å². The molecule has 0 bridgehead atoms. The van der Waals surface area contributed by atoms with E-state index in [0.717, 1.165) is 15.7 Å². The standard InChI is InChI=1S/C21H20N2O5.C18H15NO3.C4H7BrO2/c1-3-28-19(25)13-22-18-11-16(14(2)24)9-10-17(18)20(26)23(21(22)27)12-15-7-5-4-6-8-15;1-12(20)14-7-8-16-15(9-14)10-17(21)19(18(16)22)11-13-5-3-2-4-6-13;1-2-7-4(6)3-5/h4-11H,3,12-13H2,1-2H3;2-9H,10-11H2,1H3;2-3H2,1H3. The quantitative estimate of drug-likeness (QED) is 0.0714. The molecule has 6 rings (SSSR count). The third kappa shape index (κ3) is 11.4. The van der Waals surface area contributed by atoms with Crippen molar-refractivity contribution in [2.24, 2.45) is 0 Å². The lowest BCUT2D eigenvalue weighted by Gasteiger charge is -2.27. The molecule has 14 heteroatoms. The van der Waals surface area contributed by atoms with Gasteiger partial charge in [0, 0.05) is 16.7 Å². The van der Waals surface area contributed by atoms with Gasteiger partial charge in [0.2, 0.25) is 5.91 Å². The monoisotopic (exact) mass is 839 g/mol. The van der Waals surface area contributed by atoms with E-state index in [1.165, 1.54) is 41.5 Å². The number of halogens is 1. The van der Waals surface area contributed by atoms with Gasteiger partial charge in [0.1, 0.15) is 11.9 Å². The number of ketones is 2. The van der Waals surface area contributed by atoms with Gasteiger partial charge in [-0.3, -0.25) is 47.6 Å². The number of hydrogen-bond donors (Lipinski definition) is 0. The molecule has 0 N–H and O–H groups in total. The van der Waals surface area contributed by atoms with Crippen molar-refractivity contribution in [1.29, 1.82) is 0 Å². The molecule has 57 heavy (non-hydrogen) atoms. The zero-order chi connectivity index (χ0) is 41.6. The van der Waals surface area contributed by atoms with E-state index in [2.05, 4.69) is 20.7 Å². The minimum absolute atomic E-state index is 0.0746. The number of imide groups is 1. The number of nitrogens with zero attached hydrogens (tertiary/aromatic N) is 3. The minimum atomic E-state index is -0.630. The second-order valence-corrected chi connectivity index (χ2v) is 13.2. The third-order valence-corrected chi connectivity index (χ3v) is 9.09. The fourth-order valence-electron chi connectivity index (χ4n) is 5.84. The van der Waals surface area contributed by atoms with Gasteiger partial charge in [-0.2, -0.15) is 0 Å². The van der Waals surface area contributed by atoms with E-state index in [0.29, 0.717) is 34.2 Å². The van der Waals surface area contributed by atoms with Crippen LogP contribution in [0.1, 0.15) is 75.5 Å². The Morgan fingerprint density at radius 1 is 0.667 bits per heavy atom. The van der Waals surface area contributed by atoms with Crippen molar-refractivity contribution < 1.29 is 38.2 Å². The molecule has 5 aromatic rings. The van der Waals surface area contributed by atoms with Crippen LogP contribution < -0.4 is 11.2 Å². The number of esters is 2. The van der Waals surface area contributed by atoms with Gasteiger partial charge in [-0.1, -0.05) is 88.7 Å². The number of Topliss-reactive ketones (excluding diaryl/α,β-unsaturated/α-hetero) is 2. The SMILES string of the molecule is CC(=O)c1ccc2c(c1)CC(=O)N(Cc1ccccc1)C2=O.CCOC(=O)CBr.CCOC(=O)Cn1c(=O)n(Cc2ccccc2)c(=O)c2ccc(C(C)=O)cc21. The molecule has 0 saturated heterocycles. The molecule has 2 heterocycles. The van der Waals surface area contributed by atoms with Crippen LogP contribution in [0.25, 0.3) is 10.9 Å². The average molecular weight is 841 g/mol.